The number of amides is 1. The molecule has 0 spiro atoms. The summed E-state index contributed by atoms with van der Waals surface area (Å²) < 4.78 is 14.2. The van der Waals surface area contributed by atoms with Gasteiger partial charge < -0.3 is 15.3 Å². The predicted octanol–water partition coefficient (Wildman–Crippen LogP) is 8.87. The van der Waals surface area contributed by atoms with Crippen LogP contribution in [-0.4, -0.2) is 66.3 Å². The number of hydrogen-bond acceptors (Lipinski definition) is 6. The van der Waals surface area contributed by atoms with Crippen LogP contribution in [-0.2, 0) is 24.2 Å². The van der Waals surface area contributed by atoms with E-state index in [9.17, 15) is 18.8 Å². The molecule has 1 amide bonds. The molecule has 0 aromatic heterocycles. The second-order valence-electron chi connectivity index (χ2n) is 12.8. The van der Waals surface area contributed by atoms with E-state index >= 15 is 0 Å². The Balaban J connectivity index is 4.53. The average molecular weight is 643 g/mol. The highest BCUT2D eigenvalue weighted by molar-refractivity contribution is 5.79. The van der Waals surface area contributed by atoms with E-state index in [4.69, 9.17) is 9.99 Å². The van der Waals surface area contributed by atoms with Crippen molar-refractivity contribution in [3.8, 4) is 0 Å². The summed E-state index contributed by atoms with van der Waals surface area (Å²) in [6, 6.07) is 0.405. The molecule has 0 rings (SSSR count). The Labute approximate surface area is 274 Å². The minimum absolute atomic E-state index is 0.0894. The smallest absolute Gasteiger partial charge is 0.376 e. The van der Waals surface area contributed by atoms with Crippen molar-refractivity contribution in [1.82, 2.24) is 10.2 Å². The Kier molecular flexibility index (Phi) is 28.1. The highest BCUT2D eigenvalue weighted by Gasteiger charge is 2.21. The number of carbonyl (C=O) groups is 3. The van der Waals surface area contributed by atoms with E-state index in [1.165, 1.54) is 51.0 Å². The molecule has 0 radical (unpaired) electrons. The second kappa shape index (κ2) is 29.4. The van der Waals surface area contributed by atoms with Gasteiger partial charge in [-0.15, -0.1) is 0 Å². The summed E-state index contributed by atoms with van der Waals surface area (Å²) in [6.07, 6.45) is 21.5. The Bertz CT molecular complexity index is 775. The maximum absolute atomic E-state index is 14.2. The molecule has 0 aliphatic carbocycles. The first-order valence-electron chi connectivity index (χ1n) is 18.0. The van der Waals surface area contributed by atoms with Crippen LogP contribution in [0.15, 0.2) is 12.2 Å². The normalized spacial score (nSPS) is 13.8. The van der Waals surface area contributed by atoms with Crippen LogP contribution in [0, 0.1) is 0 Å². The monoisotopic (exact) mass is 642 g/mol. The third-order valence-corrected chi connectivity index (χ3v) is 8.57. The largest absolute Gasteiger partial charge is 0.478 e. The van der Waals surface area contributed by atoms with Crippen molar-refractivity contribution in [1.29, 1.82) is 0 Å². The van der Waals surface area contributed by atoms with Gasteiger partial charge in [-0.25, -0.2) is 14.0 Å². The molecule has 0 fully saturated rings. The highest BCUT2D eigenvalue weighted by atomic mass is 19.1. The number of unbranched alkanes of at least 4 members (excludes halogenated alkanes) is 11. The third-order valence-electron chi connectivity index (χ3n) is 8.57. The molecule has 0 saturated carbocycles. The van der Waals surface area contributed by atoms with Crippen LogP contribution >= 0.6 is 0 Å². The van der Waals surface area contributed by atoms with Gasteiger partial charge in [-0.05, 0) is 78.3 Å². The van der Waals surface area contributed by atoms with Crippen LogP contribution in [0.3, 0.4) is 0 Å². The number of carbonyl (C=O) groups excluding carboxylic acids is 2. The van der Waals surface area contributed by atoms with E-state index in [1.54, 1.807) is 6.08 Å². The number of hydrogen-bond donors (Lipinski definition) is 2. The first kappa shape index (κ1) is 43.0. The number of halogens is 1. The lowest BCUT2D eigenvalue weighted by Crippen LogP contribution is -2.36. The van der Waals surface area contributed by atoms with Gasteiger partial charge in [0.05, 0.1) is 0 Å². The van der Waals surface area contributed by atoms with Gasteiger partial charge in [0, 0.05) is 24.6 Å². The zero-order chi connectivity index (χ0) is 33.7. The predicted molar refractivity (Wildman–Crippen MR) is 181 cm³/mol. The highest BCUT2D eigenvalue weighted by Crippen LogP contribution is 2.18. The van der Waals surface area contributed by atoms with Crippen LogP contribution in [0.1, 0.15) is 162 Å². The van der Waals surface area contributed by atoms with Gasteiger partial charge in [-0.3, -0.25) is 9.68 Å². The molecule has 2 N–H and O–H groups in total. The van der Waals surface area contributed by atoms with E-state index in [0.29, 0.717) is 25.7 Å². The number of aliphatic carboxylic acids is 1. The van der Waals surface area contributed by atoms with Gasteiger partial charge >= 0.3 is 11.9 Å². The Morgan fingerprint density at radius 3 is 1.93 bits per heavy atom. The Morgan fingerprint density at radius 1 is 0.778 bits per heavy atom. The molecule has 0 aliphatic heterocycles. The number of alkyl halides is 1. The van der Waals surface area contributed by atoms with Gasteiger partial charge in [0.25, 0.3) is 0 Å². The summed E-state index contributed by atoms with van der Waals surface area (Å²) in [5.74, 6) is -1.78. The summed E-state index contributed by atoms with van der Waals surface area (Å²) >= 11 is 0. The number of rotatable bonds is 31. The molecule has 0 aromatic carbocycles. The minimum Gasteiger partial charge on any atom is -0.478 e. The molecule has 8 nitrogen and oxygen atoms in total. The Hall–Kier alpha value is -2.00. The van der Waals surface area contributed by atoms with E-state index in [1.807, 2.05) is 27.9 Å². The van der Waals surface area contributed by atoms with Crippen molar-refractivity contribution in [3.05, 3.63) is 12.2 Å². The van der Waals surface area contributed by atoms with Gasteiger partial charge in [-0.1, -0.05) is 97.5 Å². The van der Waals surface area contributed by atoms with Crippen molar-refractivity contribution < 1.29 is 33.7 Å². The van der Waals surface area contributed by atoms with E-state index < -0.39 is 18.1 Å². The summed E-state index contributed by atoms with van der Waals surface area (Å²) in [4.78, 5) is 47.3. The zero-order valence-electron chi connectivity index (χ0n) is 29.3. The molecule has 3 unspecified atom stereocenters. The fraction of sp³-hybridized carbons (Fsp3) is 0.861. The number of allylic oxidation sites excluding steroid dienone is 1. The van der Waals surface area contributed by atoms with Crippen LogP contribution in [0.4, 0.5) is 4.39 Å². The van der Waals surface area contributed by atoms with Crippen molar-refractivity contribution in [2.24, 2.45) is 0 Å². The zero-order valence-corrected chi connectivity index (χ0v) is 29.3. The van der Waals surface area contributed by atoms with E-state index in [2.05, 4.69) is 22.0 Å². The average Bonchev–Trinajstić information content (AvgIpc) is 3.01. The number of carboxylic acids is 1. The first-order valence-corrected chi connectivity index (χ1v) is 18.0. The molecule has 9 heteroatoms. The number of nitrogens with zero attached hydrogens (tertiary/aromatic N) is 1. The lowest BCUT2D eigenvalue weighted by atomic mass is 9.99. The Morgan fingerprint density at radius 2 is 1.33 bits per heavy atom. The minimum atomic E-state index is -1.67. The quantitative estimate of drug-likeness (QED) is 0.0337. The molecular formula is C36H67FN2O6. The topological polar surface area (TPSA) is 105 Å². The maximum atomic E-state index is 14.2. The van der Waals surface area contributed by atoms with Crippen molar-refractivity contribution in [2.45, 2.75) is 186 Å². The number of nitrogens with one attached hydrogen (secondary N) is 1. The second-order valence-corrected chi connectivity index (χ2v) is 12.8. The van der Waals surface area contributed by atoms with Crippen LogP contribution in [0.5, 0.6) is 0 Å². The maximum Gasteiger partial charge on any atom is 0.376 e. The molecule has 3 atom stereocenters. The van der Waals surface area contributed by atoms with Crippen LogP contribution < -0.4 is 5.32 Å². The van der Waals surface area contributed by atoms with Gasteiger partial charge in [0.15, 0.2) is 0 Å². The van der Waals surface area contributed by atoms with Crippen LogP contribution in [0.2, 0.25) is 0 Å². The van der Waals surface area contributed by atoms with Crippen molar-refractivity contribution in [3.63, 3.8) is 0 Å². The first-order chi connectivity index (χ1) is 21.6. The van der Waals surface area contributed by atoms with Gasteiger partial charge in [0.2, 0.25) is 12.1 Å². The fourth-order valence-electron chi connectivity index (χ4n) is 5.50. The number of carboxylic acid groups (broad SMARTS) is 1. The molecule has 45 heavy (non-hydrogen) atoms. The molecule has 0 bridgehead atoms. The lowest BCUT2D eigenvalue weighted by molar-refractivity contribution is -0.302. The molecule has 0 aliphatic rings. The van der Waals surface area contributed by atoms with E-state index in [0.717, 1.165) is 64.2 Å². The lowest BCUT2D eigenvalue weighted by Gasteiger charge is -2.25. The SMILES string of the molecule is CCCCCCCCCCC(CCCCC=CC(=O)O)NC(=O)CCC(CCCCCC(F)C(=O)OOC(CC)CC)N(C)C. The summed E-state index contributed by atoms with van der Waals surface area (Å²) in [5.41, 5.74) is 0. The van der Waals surface area contributed by atoms with Gasteiger partial charge in [-0.2, -0.15) is 4.89 Å². The van der Waals surface area contributed by atoms with Gasteiger partial charge in [0.1, 0.15) is 6.10 Å². The molecule has 264 valence electrons. The fourth-order valence-corrected chi connectivity index (χ4v) is 5.50. The van der Waals surface area contributed by atoms with Crippen molar-refractivity contribution >= 4 is 17.8 Å². The van der Waals surface area contributed by atoms with E-state index in [-0.39, 0.29) is 30.5 Å². The molecule has 0 aromatic rings. The molecule has 0 heterocycles. The van der Waals surface area contributed by atoms with Crippen molar-refractivity contribution in [2.75, 3.05) is 14.1 Å². The standard InChI is InChI=1S/C36H67FN2O6/c1-6-9-10-11-12-13-14-18-23-30(24-19-15-16-22-27-35(41)42)38-34(40)29-28-31(39(4)5)25-20-17-21-26-33(37)36(43)45-44-32(7-2)8-3/h22,27,30-33H,6-21,23-26,28-29H2,1-5H3,(H,38,40)(H,41,42). The third kappa shape index (κ3) is 25.8. The molecule has 0 saturated heterocycles. The summed E-state index contributed by atoms with van der Waals surface area (Å²) in [6.45, 7) is 6.08. The summed E-state index contributed by atoms with van der Waals surface area (Å²) in [5, 5.41) is 12.1. The summed E-state index contributed by atoms with van der Waals surface area (Å²) in [7, 11) is 4.06. The molecular weight excluding hydrogens is 575 g/mol. The van der Waals surface area contributed by atoms with Crippen LogP contribution in [0.25, 0.3) is 0 Å².